The van der Waals surface area contributed by atoms with Gasteiger partial charge in [-0.2, -0.15) is 0 Å². The number of alkyl halides is 1. The molecule has 11 heteroatoms. The van der Waals surface area contributed by atoms with Crippen LogP contribution in [-0.2, 0) is 24.7 Å². The second-order valence-electron chi connectivity index (χ2n) is 13.0. The predicted molar refractivity (Wildman–Crippen MR) is 178 cm³/mol. The zero-order valence-electron chi connectivity index (χ0n) is 27.2. The number of aromatic nitrogens is 1. The SMILES string of the molecule is CC(C)OCC(NC(=O)OC(C)(C)C)[C@H](SCc1cnc2ccccc2c1)[C@@H](OC(C)C)C(CBr)NC(=O)OC(C)(C)C. The molecule has 242 valence electrons. The normalized spacial score (nSPS) is 15.2. The van der Waals surface area contributed by atoms with Crippen molar-refractivity contribution < 1.29 is 28.5 Å². The fourth-order valence-electron chi connectivity index (χ4n) is 4.18. The summed E-state index contributed by atoms with van der Waals surface area (Å²) in [5, 5.41) is 7.12. The van der Waals surface area contributed by atoms with Crippen molar-refractivity contribution in [3.8, 4) is 0 Å². The Labute approximate surface area is 270 Å². The van der Waals surface area contributed by atoms with Gasteiger partial charge in [-0.1, -0.05) is 34.1 Å². The van der Waals surface area contributed by atoms with Gasteiger partial charge < -0.3 is 29.6 Å². The summed E-state index contributed by atoms with van der Waals surface area (Å²) >= 11 is 5.20. The average Bonchev–Trinajstić information content (AvgIpc) is 2.87. The van der Waals surface area contributed by atoms with E-state index < -0.39 is 41.6 Å². The number of pyridine rings is 1. The van der Waals surface area contributed by atoms with E-state index in [4.69, 9.17) is 18.9 Å². The lowest BCUT2D eigenvalue weighted by molar-refractivity contribution is -0.0280. The van der Waals surface area contributed by atoms with Crippen LogP contribution in [0.4, 0.5) is 9.59 Å². The molecule has 1 aromatic heterocycles. The molecule has 0 fully saturated rings. The van der Waals surface area contributed by atoms with E-state index in [-0.39, 0.29) is 24.1 Å². The van der Waals surface area contributed by atoms with Gasteiger partial charge in [0.1, 0.15) is 11.2 Å². The summed E-state index contributed by atoms with van der Waals surface area (Å²) in [6, 6.07) is 9.07. The second-order valence-corrected chi connectivity index (χ2v) is 14.8. The number of nitrogens with one attached hydrogen (secondary N) is 2. The van der Waals surface area contributed by atoms with E-state index in [2.05, 4.69) is 37.6 Å². The molecule has 0 aliphatic heterocycles. The van der Waals surface area contributed by atoms with Crippen LogP contribution in [0, 0.1) is 0 Å². The summed E-state index contributed by atoms with van der Waals surface area (Å²) in [5.41, 5.74) is 0.591. The summed E-state index contributed by atoms with van der Waals surface area (Å²) < 4.78 is 23.8. The van der Waals surface area contributed by atoms with Crippen LogP contribution < -0.4 is 10.6 Å². The van der Waals surface area contributed by atoms with Gasteiger partial charge in [0.25, 0.3) is 0 Å². The number of hydrogen-bond acceptors (Lipinski definition) is 8. The molecule has 1 heterocycles. The van der Waals surface area contributed by atoms with E-state index in [0.29, 0.717) is 11.1 Å². The summed E-state index contributed by atoms with van der Waals surface area (Å²) in [5.74, 6) is 0.579. The van der Waals surface area contributed by atoms with Crippen LogP contribution in [-0.4, -0.2) is 76.0 Å². The molecule has 2 rings (SSSR count). The zero-order chi connectivity index (χ0) is 32.4. The number of thioether (sulfide) groups is 1. The van der Waals surface area contributed by atoms with Gasteiger partial charge in [-0.25, -0.2) is 9.59 Å². The average molecular weight is 685 g/mol. The van der Waals surface area contributed by atoms with Crippen molar-refractivity contribution in [1.29, 1.82) is 0 Å². The number of carbonyl (C=O) groups excluding carboxylic acids is 2. The number of alkyl carbamates (subject to hydrolysis) is 2. The van der Waals surface area contributed by atoms with Gasteiger partial charge in [0.15, 0.2) is 0 Å². The van der Waals surface area contributed by atoms with Gasteiger partial charge in [0.05, 0.1) is 47.8 Å². The van der Waals surface area contributed by atoms with Gasteiger partial charge in [0, 0.05) is 22.7 Å². The van der Waals surface area contributed by atoms with Crippen molar-refractivity contribution in [3.63, 3.8) is 0 Å². The number of fused-ring (bicyclic) bond motifs is 1. The van der Waals surface area contributed by atoms with Crippen LogP contribution >= 0.6 is 27.7 Å². The highest BCUT2D eigenvalue weighted by molar-refractivity contribution is 9.09. The summed E-state index contributed by atoms with van der Waals surface area (Å²) in [6.07, 6.45) is -0.0401. The Morgan fingerprint density at radius 2 is 1.49 bits per heavy atom. The van der Waals surface area contributed by atoms with Crippen LogP contribution in [0.25, 0.3) is 10.9 Å². The number of benzene rings is 1. The summed E-state index contributed by atoms with van der Waals surface area (Å²) in [4.78, 5) is 30.7. The molecule has 2 unspecified atom stereocenters. The Hall–Kier alpha value is -2.08. The third-order valence-corrected chi connectivity index (χ3v) is 7.99. The molecule has 0 saturated carbocycles. The number of carbonyl (C=O) groups is 2. The van der Waals surface area contributed by atoms with Gasteiger partial charge in [-0.05, 0) is 86.9 Å². The van der Waals surface area contributed by atoms with E-state index >= 15 is 0 Å². The van der Waals surface area contributed by atoms with E-state index in [1.807, 2.05) is 99.7 Å². The molecule has 2 N–H and O–H groups in total. The van der Waals surface area contributed by atoms with E-state index in [9.17, 15) is 9.59 Å². The number of amides is 2. The van der Waals surface area contributed by atoms with Crippen LogP contribution in [0.1, 0.15) is 74.8 Å². The highest BCUT2D eigenvalue weighted by Gasteiger charge is 2.39. The first-order valence-electron chi connectivity index (χ1n) is 14.7. The highest BCUT2D eigenvalue weighted by Crippen LogP contribution is 2.30. The molecular weight excluding hydrogens is 634 g/mol. The monoisotopic (exact) mass is 683 g/mol. The fraction of sp³-hybridized carbons (Fsp3) is 0.656. The number of halogens is 1. The van der Waals surface area contributed by atoms with Crippen molar-refractivity contribution in [2.75, 3.05) is 11.9 Å². The lowest BCUT2D eigenvalue weighted by Gasteiger charge is -2.39. The molecule has 1 aromatic carbocycles. The maximum atomic E-state index is 13.1. The van der Waals surface area contributed by atoms with Gasteiger partial charge >= 0.3 is 12.2 Å². The second kappa shape index (κ2) is 16.8. The lowest BCUT2D eigenvalue weighted by Crippen LogP contribution is -2.59. The third kappa shape index (κ3) is 14.0. The molecule has 4 atom stereocenters. The summed E-state index contributed by atoms with van der Waals surface area (Å²) in [6.45, 7) is 18.9. The van der Waals surface area contributed by atoms with Crippen molar-refractivity contribution >= 4 is 50.8 Å². The molecule has 43 heavy (non-hydrogen) atoms. The first-order valence-corrected chi connectivity index (χ1v) is 16.9. The smallest absolute Gasteiger partial charge is 0.407 e. The van der Waals surface area contributed by atoms with Gasteiger partial charge in [-0.15, -0.1) is 11.8 Å². The molecule has 2 amide bonds. The number of ether oxygens (including phenoxy) is 4. The zero-order valence-corrected chi connectivity index (χ0v) is 29.6. The van der Waals surface area contributed by atoms with Crippen molar-refractivity contribution in [3.05, 3.63) is 42.1 Å². The highest BCUT2D eigenvalue weighted by atomic mass is 79.9. The third-order valence-electron chi connectivity index (χ3n) is 5.82. The van der Waals surface area contributed by atoms with Crippen molar-refractivity contribution in [2.24, 2.45) is 0 Å². The molecule has 0 aliphatic rings. The van der Waals surface area contributed by atoms with Crippen LogP contribution in [0.5, 0.6) is 0 Å². The minimum absolute atomic E-state index is 0.0744. The number of hydrogen-bond donors (Lipinski definition) is 2. The van der Waals surface area contributed by atoms with Crippen LogP contribution in [0.15, 0.2) is 36.5 Å². The minimum Gasteiger partial charge on any atom is -0.444 e. The molecule has 0 saturated heterocycles. The molecular formula is C32H50BrN3O6S. The number of nitrogens with zero attached hydrogens (tertiary/aromatic N) is 1. The maximum absolute atomic E-state index is 13.1. The standard InChI is InChI=1S/C32H50BrN3O6S/c1-20(2)39-18-26(36-30(38)42-32(8,9)10)28(43-19-22-15-23-13-11-12-14-24(23)34-17-22)27(40-21(3)4)25(16-33)35-29(37)41-31(5,6)7/h11-15,17,20-21,25-28H,16,18-19H2,1-10H3,(H,35,37)(H,36,38)/t25?,26?,27-,28-/m0/s1. The number of para-hydroxylation sites is 1. The molecule has 0 radical (unpaired) electrons. The minimum atomic E-state index is -0.683. The van der Waals surface area contributed by atoms with E-state index in [1.54, 1.807) is 11.8 Å². The first-order chi connectivity index (χ1) is 20.0. The van der Waals surface area contributed by atoms with E-state index in [1.165, 1.54) is 0 Å². The topological polar surface area (TPSA) is 108 Å². The Bertz CT molecular complexity index is 1170. The predicted octanol–water partition coefficient (Wildman–Crippen LogP) is 7.24. The molecule has 2 aromatic rings. The molecule has 9 nitrogen and oxygen atoms in total. The fourth-order valence-corrected chi connectivity index (χ4v) is 6.08. The van der Waals surface area contributed by atoms with E-state index in [0.717, 1.165) is 16.5 Å². The largest absolute Gasteiger partial charge is 0.444 e. The summed E-state index contributed by atoms with van der Waals surface area (Å²) in [7, 11) is 0. The van der Waals surface area contributed by atoms with Crippen molar-refractivity contribution in [1.82, 2.24) is 15.6 Å². The number of rotatable bonds is 14. The molecule has 0 bridgehead atoms. The molecule has 0 spiro atoms. The molecule has 0 aliphatic carbocycles. The Kier molecular flexibility index (Phi) is 14.5. The van der Waals surface area contributed by atoms with Crippen molar-refractivity contribution in [2.45, 2.75) is 122 Å². The first kappa shape index (κ1) is 37.1. The van der Waals surface area contributed by atoms with Crippen LogP contribution in [0.3, 0.4) is 0 Å². The van der Waals surface area contributed by atoms with Gasteiger partial charge in [-0.3, -0.25) is 4.98 Å². The Balaban J connectivity index is 2.52. The lowest BCUT2D eigenvalue weighted by atomic mass is 10.0. The van der Waals surface area contributed by atoms with Crippen LogP contribution in [0.2, 0.25) is 0 Å². The Morgan fingerprint density at radius 1 is 0.907 bits per heavy atom. The maximum Gasteiger partial charge on any atom is 0.407 e. The van der Waals surface area contributed by atoms with Gasteiger partial charge in [0.2, 0.25) is 0 Å². The quantitative estimate of drug-likeness (QED) is 0.201. The Morgan fingerprint density at radius 3 is 2.02 bits per heavy atom.